The first-order valence-corrected chi connectivity index (χ1v) is 10.7. The van der Waals surface area contributed by atoms with Gasteiger partial charge in [-0.05, 0) is 37.8 Å². The number of carbonyl (C=O) groups is 1. The summed E-state index contributed by atoms with van der Waals surface area (Å²) in [5.74, 6) is 0.292. The van der Waals surface area contributed by atoms with Gasteiger partial charge < -0.3 is 25.1 Å². The lowest BCUT2D eigenvalue weighted by atomic mass is 9.99. The quantitative estimate of drug-likeness (QED) is 0.700. The van der Waals surface area contributed by atoms with Crippen LogP contribution in [0.2, 0.25) is 0 Å². The molecule has 10 heteroatoms. The van der Waals surface area contributed by atoms with Crippen LogP contribution >= 0.6 is 0 Å². The third-order valence-electron chi connectivity index (χ3n) is 5.99. The number of hydrogen-bond donors (Lipinski definition) is 2. The van der Waals surface area contributed by atoms with Gasteiger partial charge in [0.25, 0.3) is 0 Å². The first-order valence-electron chi connectivity index (χ1n) is 10.7. The molecule has 31 heavy (non-hydrogen) atoms. The minimum Gasteiger partial charge on any atom is -0.431 e. The molecule has 10 nitrogen and oxygen atoms in total. The van der Waals surface area contributed by atoms with E-state index in [2.05, 4.69) is 16.2 Å². The van der Waals surface area contributed by atoms with E-state index in [9.17, 15) is 15.2 Å². The van der Waals surface area contributed by atoms with E-state index in [1.165, 1.54) is 17.3 Å². The van der Waals surface area contributed by atoms with Crippen molar-refractivity contribution >= 4 is 17.5 Å². The van der Waals surface area contributed by atoms with Gasteiger partial charge in [0.15, 0.2) is 11.4 Å². The van der Waals surface area contributed by atoms with Gasteiger partial charge in [-0.2, -0.15) is 10.4 Å². The van der Waals surface area contributed by atoms with E-state index in [-0.39, 0.29) is 19.1 Å². The van der Waals surface area contributed by atoms with Crippen molar-refractivity contribution in [2.75, 3.05) is 12.3 Å². The summed E-state index contributed by atoms with van der Waals surface area (Å²) in [5.41, 5.74) is 5.48. The number of carbonyl (C=O) groups excluding carboxylic acids is 1. The Balaban J connectivity index is 1.40. The predicted molar refractivity (Wildman–Crippen MR) is 109 cm³/mol. The fourth-order valence-electron chi connectivity index (χ4n) is 4.34. The lowest BCUT2D eigenvalue weighted by molar-refractivity contribution is -0.0682. The minimum absolute atomic E-state index is 0.0152. The molecule has 2 fully saturated rings. The second-order valence-corrected chi connectivity index (χ2v) is 8.24. The Labute approximate surface area is 179 Å². The molecule has 3 unspecified atom stereocenters. The van der Waals surface area contributed by atoms with E-state index in [1.807, 2.05) is 0 Å². The van der Waals surface area contributed by atoms with Crippen molar-refractivity contribution in [3.63, 3.8) is 0 Å². The molecule has 3 N–H and O–H groups in total. The van der Waals surface area contributed by atoms with Crippen molar-refractivity contribution in [1.29, 1.82) is 5.26 Å². The Morgan fingerprint density at radius 1 is 1.32 bits per heavy atom. The predicted octanol–water partition coefficient (Wildman–Crippen LogP) is 2.66. The molecule has 0 amide bonds. The zero-order valence-corrected chi connectivity index (χ0v) is 17.3. The summed E-state index contributed by atoms with van der Waals surface area (Å²) < 4.78 is 18.1. The van der Waals surface area contributed by atoms with Gasteiger partial charge in [0.05, 0.1) is 11.8 Å². The van der Waals surface area contributed by atoms with Gasteiger partial charge in [0, 0.05) is 6.42 Å². The number of fused-ring (bicyclic) bond motifs is 1. The highest BCUT2D eigenvalue weighted by molar-refractivity contribution is 5.65. The van der Waals surface area contributed by atoms with Crippen molar-refractivity contribution in [2.45, 2.75) is 75.3 Å². The third-order valence-corrected chi connectivity index (χ3v) is 5.99. The van der Waals surface area contributed by atoms with Crippen molar-refractivity contribution in [3.8, 4) is 6.07 Å². The minimum atomic E-state index is -1.48. The number of hydrogen-bond acceptors (Lipinski definition) is 9. The van der Waals surface area contributed by atoms with Crippen LogP contribution in [0.3, 0.4) is 0 Å². The summed E-state index contributed by atoms with van der Waals surface area (Å²) in [6, 6.07) is 5.49. The average Bonchev–Trinajstić information content (AvgIpc) is 3.31. The number of aliphatic hydroxyl groups excluding tert-OH is 1. The van der Waals surface area contributed by atoms with Crippen LogP contribution in [-0.2, 0) is 14.2 Å². The fourth-order valence-corrected chi connectivity index (χ4v) is 4.34. The van der Waals surface area contributed by atoms with Crippen LogP contribution in [0.25, 0.3) is 5.52 Å². The summed E-state index contributed by atoms with van der Waals surface area (Å²) in [7, 11) is 0. The molecule has 1 aliphatic heterocycles. The van der Waals surface area contributed by atoms with E-state index in [0.29, 0.717) is 17.0 Å². The Morgan fingerprint density at radius 2 is 2.06 bits per heavy atom. The molecule has 2 aromatic rings. The third kappa shape index (κ3) is 4.57. The standard InChI is InChI=1S/C21H27N5O5/c22-11-21(12-29-20(28)30-14-6-4-2-1-3-5-7-14)10-17(27)18(31-21)15-8-9-16-19(23)24-13-25-26(15)16/h8-9,13-14,17-18,27H,1-7,10,12H2,(H2,23,24,25). The van der Waals surface area contributed by atoms with Crippen molar-refractivity contribution in [1.82, 2.24) is 14.6 Å². The molecule has 0 bridgehead atoms. The molecule has 166 valence electrons. The maximum Gasteiger partial charge on any atom is 0.508 e. The number of nitrogens with two attached hydrogens (primary N) is 1. The summed E-state index contributed by atoms with van der Waals surface area (Å²) >= 11 is 0. The van der Waals surface area contributed by atoms with Gasteiger partial charge >= 0.3 is 6.16 Å². The zero-order chi connectivity index (χ0) is 21.8. The maximum atomic E-state index is 12.2. The van der Waals surface area contributed by atoms with Crippen LogP contribution < -0.4 is 5.73 Å². The Hall–Kier alpha value is -2.90. The Bertz CT molecular complexity index is 965. The number of nitrogens with zero attached hydrogens (tertiary/aromatic N) is 4. The van der Waals surface area contributed by atoms with E-state index in [0.717, 1.165) is 38.5 Å². The monoisotopic (exact) mass is 429 g/mol. The molecule has 4 rings (SSSR count). The molecule has 0 spiro atoms. The lowest BCUT2D eigenvalue weighted by Gasteiger charge is -2.23. The molecule has 1 saturated heterocycles. The largest absolute Gasteiger partial charge is 0.508 e. The highest BCUT2D eigenvalue weighted by atomic mass is 16.7. The van der Waals surface area contributed by atoms with E-state index in [1.54, 1.807) is 12.1 Å². The first-order chi connectivity index (χ1) is 15.0. The molecular formula is C21H27N5O5. The molecule has 2 aromatic heterocycles. The smallest absolute Gasteiger partial charge is 0.431 e. The molecule has 3 heterocycles. The van der Waals surface area contributed by atoms with Gasteiger partial charge in [0.2, 0.25) is 0 Å². The first kappa shape index (κ1) is 21.3. The van der Waals surface area contributed by atoms with Crippen LogP contribution in [0.1, 0.15) is 63.2 Å². The highest BCUT2D eigenvalue weighted by Crippen LogP contribution is 2.40. The van der Waals surface area contributed by atoms with Crippen LogP contribution in [0, 0.1) is 11.3 Å². The van der Waals surface area contributed by atoms with Gasteiger partial charge in [-0.1, -0.05) is 19.3 Å². The molecule has 1 aliphatic carbocycles. The normalized spacial score (nSPS) is 27.4. The summed E-state index contributed by atoms with van der Waals surface area (Å²) in [4.78, 5) is 16.2. The van der Waals surface area contributed by atoms with Crippen LogP contribution in [0.5, 0.6) is 0 Å². The molecule has 3 atom stereocenters. The van der Waals surface area contributed by atoms with E-state index >= 15 is 0 Å². The van der Waals surface area contributed by atoms with Crippen molar-refractivity contribution < 1.29 is 24.1 Å². The van der Waals surface area contributed by atoms with Gasteiger partial charge in [-0.15, -0.1) is 0 Å². The van der Waals surface area contributed by atoms with E-state index < -0.39 is 24.0 Å². The maximum absolute atomic E-state index is 12.2. The summed E-state index contributed by atoms with van der Waals surface area (Å²) in [5, 5.41) is 24.5. The summed E-state index contributed by atoms with van der Waals surface area (Å²) in [6.45, 7) is -0.330. The number of nitriles is 1. The number of anilines is 1. The van der Waals surface area contributed by atoms with Gasteiger partial charge in [0.1, 0.15) is 36.7 Å². The molecule has 0 radical (unpaired) electrons. The molecule has 2 aliphatic rings. The van der Waals surface area contributed by atoms with Crippen LogP contribution in [0.4, 0.5) is 10.6 Å². The van der Waals surface area contributed by atoms with Crippen molar-refractivity contribution in [3.05, 3.63) is 24.2 Å². The number of ether oxygens (including phenoxy) is 3. The molecule has 1 saturated carbocycles. The molecular weight excluding hydrogens is 402 g/mol. The summed E-state index contributed by atoms with van der Waals surface area (Å²) in [6.07, 6.45) is 5.70. The van der Waals surface area contributed by atoms with Gasteiger partial charge in [-0.3, -0.25) is 0 Å². The van der Waals surface area contributed by atoms with Crippen LogP contribution in [-0.4, -0.2) is 50.3 Å². The SMILES string of the molecule is N#CC1(COC(=O)OC2CCCCCCC2)CC(O)C(c2ccc3c(N)ncnn23)O1. The number of aliphatic hydroxyl groups is 1. The number of aromatic nitrogens is 3. The fraction of sp³-hybridized carbons (Fsp3) is 0.619. The second kappa shape index (κ2) is 9.08. The second-order valence-electron chi connectivity index (χ2n) is 8.24. The van der Waals surface area contributed by atoms with Gasteiger partial charge in [-0.25, -0.2) is 14.3 Å². The number of nitrogen functional groups attached to an aromatic ring is 1. The molecule has 0 aromatic carbocycles. The lowest BCUT2D eigenvalue weighted by Crippen LogP contribution is -2.34. The zero-order valence-electron chi connectivity index (χ0n) is 17.3. The van der Waals surface area contributed by atoms with E-state index in [4.69, 9.17) is 19.9 Å². The number of rotatable bonds is 4. The average molecular weight is 429 g/mol. The highest BCUT2D eigenvalue weighted by Gasteiger charge is 2.49. The Morgan fingerprint density at radius 3 is 2.81 bits per heavy atom. The van der Waals surface area contributed by atoms with Crippen LogP contribution in [0.15, 0.2) is 18.5 Å². The van der Waals surface area contributed by atoms with Crippen molar-refractivity contribution in [2.24, 2.45) is 0 Å². The topological polar surface area (TPSA) is 145 Å². The Kier molecular flexibility index (Phi) is 6.25.